The average molecular weight is 280 g/mol. The topological polar surface area (TPSA) is 35.5 Å². The van der Waals surface area contributed by atoms with Crippen molar-refractivity contribution in [3.05, 3.63) is 12.2 Å². The standard InChI is InChI=1S/C17H28O3/c1-3-4-6-15-13(2)11-14(12-16(15)18)7-8-17-19-9-5-10-20-17/h3-4,13-15,17H,5-12H2,1-2H3/b4-3+/t13-,14+,15+/m1/s1. The Bertz CT molecular complexity index is 331. The fraction of sp³-hybridized carbons (Fsp3) is 0.824. The molecule has 0 spiro atoms. The van der Waals surface area contributed by atoms with Gasteiger partial charge in [0.25, 0.3) is 0 Å². The summed E-state index contributed by atoms with van der Waals surface area (Å²) in [5, 5.41) is 0. The van der Waals surface area contributed by atoms with Gasteiger partial charge in [0.1, 0.15) is 5.78 Å². The van der Waals surface area contributed by atoms with Crippen LogP contribution in [0.5, 0.6) is 0 Å². The van der Waals surface area contributed by atoms with Crippen LogP contribution in [0.25, 0.3) is 0 Å². The van der Waals surface area contributed by atoms with Crippen LogP contribution in [0, 0.1) is 17.8 Å². The zero-order valence-corrected chi connectivity index (χ0v) is 12.8. The molecule has 0 aromatic heterocycles. The third-order valence-electron chi connectivity index (χ3n) is 4.63. The average Bonchev–Trinajstić information content (AvgIpc) is 2.45. The van der Waals surface area contributed by atoms with E-state index in [-0.39, 0.29) is 12.2 Å². The monoisotopic (exact) mass is 280 g/mol. The Kier molecular flexibility index (Phi) is 6.24. The van der Waals surface area contributed by atoms with E-state index < -0.39 is 0 Å². The number of rotatable bonds is 5. The Morgan fingerprint density at radius 2 is 2.00 bits per heavy atom. The molecule has 3 heteroatoms. The van der Waals surface area contributed by atoms with E-state index in [2.05, 4.69) is 13.0 Å². The summed E-state index contributed by atoms with van der Waals surface area (Å²) in [7, 11) is 0. The van der Waals surface area contributed by atoms with E-state index >= 15 is 0 Å². The molecule has 1 saturated carbocycles. The Hall–Kier alpha value is -0.670. The molecule has 2 aliphatic rings. The minimum absolute atomic E-state index is 0.0325. The smallest absolute Gasteiger partial charge is 0.157 e. The number of Topliss-reactive ketones (excluding diaryl/α,β-unsaturated/α-hetero) is 1. The van der Waals surface area contributed by atoms with Crippen LogP contribution < -0.4 is 0 Å². The molecule has 0 N–H and O–H groups in total. The van der Waals surface area contributed by atoms with Gasteiger partial charge in [-0.05, 0) is 50.9 Å². The highest BCUT2D eigenvalue weighted by molar-refractivity contribution is 5.82. The lowest BCUT2D eigenvalue weighted by Gasteiger charge is -2.33. The second kappa shape index (κ2) is 7.94. The van der Waals surface area contributed by atoms with Crippen molar-refractivity contribution in [1.29, 1.82) is 0 Å². The van der Waals surface area contributed by atoms with Gasteiger partial charge in [0.05, 0.1) is 13.2 Å². The summed E-state index contributed by atoms with van der Waals surface area (Å²) in [6, 6.07) is 0. The maximum atomic E-state index is 12.3. The fourth-order valence-corrected chi connectivity index (χ4v) is 3.47. The number of carbonyl (C=O) groups is 1. The predicted molar refractivity (Wildman–Crippen MR) is 79.4 cm³/mol. The molecule has 0 radical (unpaired) electrons. The lowest BCUT2D eigenvalue weighted by molar-refractivity contribution is -0.183. The minimum Gasteiger partial charge on any atom is -0.353 e. The molecule has 0 unspecified atom stereocenters. The molecular weight excluding hydrogens is 252 g/mol. The molecule has 0 bridgehead atoms. The Labute approximate surface area is 122 Å². The number of carbonyl (C=O) groups excluding carboxylic acids is 1. The van der Waals surface area contributed by atoms with Crippen LogP contribution in [0.3, 0.4) is 0 Å². The van der Waals surface area contributed by atoms with Gasteiger partial charge in [0.2, 0.25) is 0 Å². The third kappa shape index (κ3) is 4.42. The molecular formula is C17H28O3. The first-order valence-electron chi connectivity index (χ1n) is 8.07. The van der Waals surface area contributed by atoms with Crippen molar-refractivity contribution in [2.75, 3.05) is 13.2 Å². The van der Waals surface area contributed by atoms with Crippen LogP contribution in [0.4, 0.5) is 0 Å². The van der Waals surface area contributed by atoms with Crippen molar-refractivity contribution in [3.63, 3.8) is 0 Å². The maximum absolute atomic E-state index is 12.3. The highest BCUT2D eigenvalue weighted by Gasteiger charge is 2.33. The van der Waals surface area contributed by atoms with E-state index in [9.17, 15) is 4.79 Å². The molecule has 0 aromatic carbocycles. The number of ether oxygens (including phenoxy) is 2. The molecule has 0 aromatic rings. The lowest BCUT2D eigenvalue weighted by Crippen LogP contribution is -2.32. The first-order chi connectivity index (χ1) is 9.70. The predicted octanol–water partition coefficient (Wildman–Crippen LogP) is 3.73. The largest absolute Gasteiger partial charge is 0.353 e. The molecule has 1 saturated heterocycles. The van der Waals surface area contributed by atoms with Gasteiger partial charge in [-0.15, -0.1) is 0 Å². The normalized spacial score (nSPS) is 32.9. The molecule has 114 valence electrons. The summed E-state index contributed by atoms with van der Waals surface area (Å²) < 4.78 is 11.2. The number of hydrogen-bond acceptors (Lipinski definition) is 3. The van der Waals surface area contributed by atoms with E-state index in [4.69, 9.17) is 9.47 Å². The van der Waals surface area contributed by atoms with Crippen molar-refractivity contribution >= 4 is 5.78 Å². The second-order valence-electron chi connectivity index (χ2n) is 6.26. The molecule has 3 nitrogen and oxygen atoms in total. The summed E-state index contributed by atoms with van der Waals surface area (Å²) in [4.78, 5) is 12.3. The molecule has 1 aliphatic carbocycles. The van der Waals surface area contributed by atoms with Gasteiger partial charge in [-0.3, -0.25) is 4.79 Å². The van der Waals surface area contributed by atoms with Gasteiger partial charge in [-0.25, -0.2) is 0 Å². The SMILES string of the molecule is C/C=C/C[C@@H]1C(=O)C[C@@H](CCC2OCCCO2)C[C@H]1C. The highest BCUT2D eigenvalue weighted by atomic mass is 16.7. The van der Waals surface area contributed by atoms with Crippen molar-refractivity contribution in [2.24, 2.45) is 17.8 Å². The summed E-state index contributed by atoms with van der Waals surface area (Å²) >= 11 is 0. The molecule has 1 aliphatic heterocycles. The molecule has 1 heterocycles. The van der Waals surface area contributed by atoms with Crippen LogP contribution in [0.2, 0.25) is 0 Å². The van der Waals surface area contributed by atoms with Crippen LogP contribution in [0.15, 0.2) is 12.2 Å². The van der Waals surface area contributed by atoms with Crippen LogP contribution in [0.1, 0.15) is 52.4 Å². The Morgan fingerprint density at radius 3 is 2.65 bits per heavy atom. The fourth-order valence-electron chi connectivity index (χ4n) is 3.47. The van der Waals surface area contributed by atoms with E-state index in [1.54, 1.807) is 0 Å². The maximum Gasteiger partial charge on any atom is 0.157 e. The first kappa shape index (κ1) is 15.7. The summed E-state index contributed by atoms with van der Waals surface area (Å²) in [5.41, 5.74) is 0. The van der Waals surface area contributed by atoms with Crippen LogP contribution >= 0.6 is 0 Å². The van der Waals surface area contributed by atoms with Gasteiger partial charge in [0.15, 0.2) is 6.29 Å². The molecule has 3 atom stereocenters. The van der Waals surface area contributed by atoms with E-state index in [1.165, 1.54) is 6.42 Å². The van der Waals surface area contributed by atoms with E-state index in [1.807, 2.05) is 13.0 Å². The van der Waals surface area contributed by atoms with Gasteiger partial charge >= 0.3 is 0 Å². The minimum atomic E-state index is -0.0325. The van der Waals surface area contributed by atoms with Gasteiger partial charge in [-0.2, -0.15) is 0 Å². The molecule has 20 heavy (non-hydrogen) atoms. The first-order valence-corrected chi connectivity index (χ1v) is 8.07. The summed E-state index contributed by atoms with van der Waals surface area (Å²) in [5.74, 6) is 1.72. The van der Waals surface area contributed by atoms with Crippen molar-refractivity contribution in [2.45, 2.75) is 58.7 Å². The quantitative estimate of drug-likeness (QED) is 0.720. The van der Waals surface area contributed by atoms with E-state index in [0.29, 0.717) is 17.6 Å². The van der Waals surface area contributed by atoms with Gasteiger partial charge in [0, 0.05) is 12.3 Å². The van der Waals surface area contributed by atoms with Crippen molar-refractivity contribution < 1.29 is 14.3 Å². The number of ketones is 1. The van der Waals surface area contributed by atoms with Crippen molar-refractivity contribution in [3.8, 4) is 0 Å². The lowest BCUT2D eigenvalue weighted by atomic mass is 9.71. The summed E-state index contributed by atoms with van der Waals surface area (Å²) in [6.07, 6.45) is 9.96. The van der Waals surface area contributed by atoms with Crippen LogP contribution in [-0.2, 0) is 14.3 Å². The van der Waals surface area contributed by atoms with Crippen molar-refractivity contribution in [1.82, 2.24) is 0 Å². The molecule has 2 rings (SSSR count). The Balaban J connectivity index is 1.76. The van der Waals surface area contributed by atoms with Gasteiger partial charge in [-0.1, -0.05) is 19.1 Å². The number of hydrogen-bond donors (Lipinski definition) is 0. The zero-order valence-electron chi connectivity index (χ0n) is 12.8. The zero-order chi connectivity index (χ0) is 14.4. The number of allylic oxidation sites excluding steroid dienone is 2. The van der Waals surface area contributed by atoms with E-state index in [0.717, 1.165) is 45.3 Å². The molecule has 0 amide bonds. The van der Waals surface area contributed by atoms with Gasteiger partial charge < -0.3 is 9.47 Å². The third-order valence-corrected chi connectivity index (χ3v) is 4.63. The highest BCUT2D eigenvalue weighted by Crippen LogP contribution is 2.36. The second-order valence-corrected chi connectivity index (χ2v) is 6.26. The van der Waals surface area contributed by atoms with Crippen LogP contribution in [-0.4, -0.2) is 25.3 Å². The Morgan fingerprint density at radius 1 is 1.25 bits per heavy atom. The molecule has 2 fully saturated rings. The summed E-state index contributed by atoms with van der Waals surface area (Å²) in [6.45, 7) is 5.88.